The van der Waals surface area contributed by atoms with Gasteiger partial charge in [-0.3, -0.25) is 0 Å². The summed E-state index contributed by atoms with van der Waals surface area (Å²) in [6, 6.07) is 6.84. The number of carbonyl (C=O) groups is 1. The summed E-state index contributed by atoms with van der Waals surface area (Å²) in [6.45, 7) is 0. The van der Waals surface area contributed by atoms with Crippen molar-refractivity contribution in [1.29, 1.82) is 0 Å². The Hall–Kier alpha value is -0.620. The van der Waals surface area contributed by atoms with Gasteiger partial charge in [-0.25, -0.2) is 4.79 Å². The Morgan fingerprint density at radius 2 is 2.31 bits per heavy atom. The zero-order chi connectivity index (χ0) is 9.84. The highest BCUT2D eigenvalue weighted by Crippen LogP contribution is 2.09. The average molecular weight is 291 g/mol. The maximum absolute atomic E-state index is 10.6. The minimum Gasteiger partial charge on any atom is -0.478 e. The lowest BCUT2D eigenvalue weighted by molar-refractivity contribution is 0.0697. The van der Waals surface area contributed by atoms with Crippen molar-refractivity contribution in [2.45, 2.75) is 10.5 Å². The van der Waals surface area contributed by atoms with Gasteiger partial charge in [-0.1, -0.05) is 34.7 Å². The van der Waals surface area contributed by atoms with Crippen molar-refractivity contribution in [3.63, 3.8) is 0 Å². The molecule has 0 aliphatic rings. The van der Waals surface area contributed by atoms with Gasteiger partial charge in [-0.2, -0.15) is 0 Å². The van der Waals surface area contributed by atoms with E-state index in [1.54, 1.807) is 18.2 Å². The van der Waals surface area contributed by atoms with Gasteiger partial charge in [0.15, 0.2) is 0 Å². The number of carboxylic acid groups (broad SMARTS) is 1. The number of alkyl halides is 1. The summed E-state index contributed by atoms with van der Waals surface area (Å²) >= 11 is 2.11. The molecule has 13 heavy (non-hydrogen) atoms. The summed E-state index contributed by atoms with van der Waals surface area (Å²) in [6.07, 6.45) is 0.696. The second-order valence-corrected chi connectivity index (χ2v) is 4.33. The fourth-order valence-corrected chi connectivity index (χ4v) is 1.57. The normalized spacial score (nSPS) is 12.5. The Labute approximate surface area is 90.1 Å². The second kappa shape index (κ2) is 4.57. The van der Waals surface area contributed by atoms with Crippen molar-refractivity contribution in [2.75, 3.05) is 0 Å². The van der Waals surface area contributed by atoms with Crippen LogP contribution in [0.15, 0.2) is 24.3 Å². The van der Waals surface area contributed by atoms with Crippen LogP contribution in [0.5, 0.6) is 0 Å². The van der Waals surface area contributed by atoms with Crippen molar-refractivity contribution in [2.24, 2.45) is 5.73 Å². The lowest BCUT2D eigenvalue weighted by atomic mass is 10.1. The highest BCUT2D eigenvalue weighted by molar-refractivity contribution is 14.1. The lowest BCUT2D eigenvalue weighted by Crippen LogP contribution is -2.14. The molecule has 1 rings (SSSR count). The summed E-state index contributed by atoms with van der Waals surface area (Å²) in [5.74, 6) is -0.899. The molecule has 1 aromatic rings. The molecule has 0 aromatic heterocycles. The number of hydrogen-bond acceptors (Lipinski definition) is 2. The molecule has 70 valence electrons. The number of carboxylic acids is 1. The van der Waals surface area contributed by atoms with Crippen LogP contribution in [0.1, 0.15) is 15.9 Å². The summed E-state index contributed by atoms with van der Waals surface area (Å²) < 4.78 is 0.0293. The molecule has 0 fully saturated rings. The Balaban J connectivity index is 2.85. The molecule has 3 N–H and O–H groups in total. The molecule has 1 atom stereocenters. The minimum absolute atomic E-state index is 0.0293. The Morgan fingerprint density at radius 3 is 2.85 bits per heavy atom. The third-order valence-corrected chi connectivity index (χ3v) is 2.05. The number of benzene rings is 1. The zero-order valence-corrected chi connectivity index (χ0v) is 9.06. The number of aromatic carboxylic acids is 1. The molecule has 1 unspecified atom stereocenters. The molecule has 0 saturated heterocycles. The van der Waals surface area contributed by atoms with Gasteiger partial charge < -0.3 is 10.8 Å². The van der Waals surface area contributed by atoms with Gasteiger partial charge in [0.2, 0.25) is 0 Å². The van der Waals surface area contributed by atoms with Gasteiger partial charge in [-0.15, -0.1) is 0 Å². The van der Waals surface area contributed by atoms with Crippen LogP contribution in [0.4, 0.5) is 0 Å². The number of halogens is 1. The molecule has 0 amide bonds. The van der Waals surface area contributed by atoms with Gasteiger partial charge >= 0.3 is 5.97 Å². The summed E-state index contributed by atoms with van der Waals surface area (Å²) in [4.78, 5) is 10.6. The van der Waals surface area contributed by atoms with E-state index in [1.165, 1.54) is 0 Å². The highest BCUT2D eigenvalue weighted by atomic mass is 127. The van der Waals surface area contributed by atoms with E-state index in [-0.39, 0.29) is 4.05 Å². The summed E-state index contributed by atoms with van der Waals surface area (Å²) in [5, 5.41) is 8.71. The van der Waals surface area contributed by atoms with Gasteiger partial charge in [0.1, 0.15) is 0 Å². The standard InChI is InChI=1S/C9H10INO2/c10-8(11)5-6-2-1-3-7(4-6)9(12)13/h1-4,8H,5,11H2,(H,12,13). The van der Waals surface area contributed by atoms with E-state index < -0.39 is 5.97 Å². The molecule has 3 nitrogen and oxygen atoms in total. The van der Waals surface area contributed by atoms with Gasteiger partial charge in [0.25, 0.3) is 0 Å². The van der Waals surface area contributed by atoms with Crippen LogP contribution in [0, 0.1) is 0 Å². The first-order valence-electron chi connectivity index (χ1n) is 3.81. The van der Waals surface area contributed by atoms with Crippen molar-refractivity contribution in [3.8, 4) is 0 Å². The average Bonchev–Trinajstić information content (AvgIpc) is 2.03. The topological polar surface area (TPSA) is 63.3 Å². The van der Waals surface area contributed by atoms with E-state index in [0.29, 0.717) is 12.0 Å². The van der Waals surface area contributed by atoms with Crippen LogP contribution in [-0.4, -0.2) is 15.1 Å². The number of hydrogen-bond donors (Lipinski definition) is 2. The van der Waals surface area contributed by atoms with Crippen molar-refractivity contribution < 1.29 is 9.90 Å². The first-order chi connectivity index (χ1) is 6.09. The maximum atomic E-state index is 10.6. The third kappa shape index (κ3) is 3.31. The van der Waals surface area contributed by atoms with E-state index in [9.17, 15) is 4.79 Å². The zero-order valence-electron chi connectivity index (χ0n) is 6.90. The van der Waals surface area contributed by atoms with Crippen LogP contribution in [-0.2, 0) is 6.42 Å². The lowest BCUT2D eigenvalue weighted by Gasteiger charge is -2.04. The van der Waals surface area contributed by atoms with Crippen LogP contribution in [0.3, 0.4) is 0 Å². The minimum atomic E-state index is -0.899. The maximum Gasteiger partial charge on any atom is 0.335 e. The van der Waals surface area contributed by atoms with Crippen molar-refractivity contribution >= 4 is 28.6 Å². The Morgan fingerprint density at radius 1 is 1.62 bits per heavy atom. The molecule has 0 saturated carbocycles. The first-order valence-corrected chi connectivity index (χ1v) is 5.06. The predicted octanol–water partition coefficient (Wildman–Crippen LogP) is 1.65. The summed E-state index contributed by atoms with van der Waals surface area (Å²) in [7, 11) is 0. The Kier molecular flexibility index (Phi) is 3.68. The van der Waals surface area contributed by atoms with Gasteiger partial charge in [0.05, 0.1) is 9.61 Å². The van der Waals surface area contributed by atoms with Crippen molar-refractivity contribution in [3.05, 3.63) is 35.4 Å². The van der Waals surface area contributed by atoms with Crippen LogP contribution in [0.25, 0.3) is 0 Å². The number of rotatable bonds is 3. The van der Waals surface area contributed by atoms with E-state index in [1.807, 2.05) is 6.07 Å². The molecule has 0 spiro atoms. The second-order valence-electron chi connectivity index (χ2n) is 2.73. The summed E-state index contributed by atoms with van der Waals surface area (Å²) in [5.41, 5.74) is 6.86. The molecule has 0 radical (unpaired) electrons. The predicted molar refractivity (Wildman–Crippen MR) is 59.1 cm³/mol. The van der Waals surface area contributed by atoms with Crippen LogP contribution >= 0.6 is 22.6 Å². The van der Waals surface area contributed by atoms with E-state index >= 15 is 0 Å². The SMILES string of the molecule is NC(I)Cc1cccc(C(=O)O)c1. The fraction of sp³-hybridized carbons (Fsp3) is 0.222. The molecule has 0 aliphatic carbocycles. The smallest absolute Gasteiger partial charge is 0.335 e. The molecule has 1 aromatic carbocycles. The third-order valence-electron chi connectivity index (χ3n) is 1.60. The van der Waals surface area contributed by atoms with E-state index in [0.717, 1.165) is 5.56 Å². The number of nitrogens with two attached hydrogens (primary N) is 1. The largest absolute Gasteiger partial charge is 0.478 e. The van der Waals surface area contributed by atoms with Gasteiger partial charge in [0, 0.05) is 0 Å². The molecular weight excluding hydrogens is 281 g/mol. The van der Waals surface area contributed by atoms with Crippen molar-refractivity contribution in [1.82, 2.24) is 0 Å². The molecular formula is C9H10INO2. The molecule has 0 bridgehead atoms. The molecule has 4 heteroatoms. The monoisotopic (exact) mass is 291 g/mol. The van der Waals surface area contributed by atoms with Crippen LogP contribution in [0.2, 0.25) is 0 Å². The first kappa shape index (κ1) is 10.5. The van der Waals surface area contributed by atoms with E-state index in [4.69, 9.17) is 10.8 Å². The quantitative estimate of drug-likeness (QED) is 0.505. The fourth-order valence-electron chi connectivity index (χ4n) is 1.06. The van der Waals surface area contributed by atoms with E-state index in [2.05, 4.69) is 22.6 Å². The molecule has 0 heterocycles. The Bertz CT molecular complexity index is 312. The van der Waals surface area contributed by atoms with Gasteiger partial charge in [-0.05, 0) is 24.1 Å². The highest BCUT2D eigenvalue weighted by Gasteiger charge is 2.04. The molecule has 0 aliphatic heterocycles. The van der Waals surface area contributed by atoms with Crippen LogP contribution < -0.4 is 5.73 Å².